The van der Waals surface area contributed by atoms with Crippen LogP contribution in [-0.2, 0) is 14.3 Å². The first-order chi connectivity index (χ1) is 5.18. The molecule has 1 saturated carbocycles. The Morgan fingerprint density at radius 3 is 2.45 bits per heavy atom. The van der Waals surface area contributed by atoms with Crippen LogP contribution in [0.2, 0.25) is 0 Å². The number of cyclic esters (lactones) is 2. The van der Waals surface area contributed by atoms with Gasteiger partial charge in [0.15, 0.2) is 0 Å². The maximum absolute atomic E-state index is 11.0. The second-order valence-electron chi connectivity index (χ2n) is 3.48. The number of esters is 2. The molecule has 3 nitrogen and oxygen atoms in total. The summed E-state index contributed by atoms with van der Waals surface area (Å²) in [5.74, 6) is 0.272. The highest BCUT2D eigenvalue weighted by atomic mass is 16.6. The lowest BCUT2D eigenvalue weighted by molar-refractivity contribution is -0.153. The van der Waals surface area contributed by atoms with E-state index in [9.17, 15) is 9.59 Å². The predicted molar refractivity (Wildman–Crippen MR) is 36.5 cm³/mol. The van der Waals surface area contributed by atoms with Crippen molar-refractivity contribution in [3.8, 4) is 0 Å². The van der Waals surface area contributed by atoms with Gasteiger partial charge in [-0.15, -0.1) is 0 Å². The van der Waals surface area contributed by atoms with E-state index in [0.717, 1.165) is 6.42 Å². The summed E-state index contributed by atoms with van der Waals surface area (Å²) in [7, 11) is 0. The quantitative estimate of drug-likeness (QED) is 0.413. The fourth-order valence-electron chi connectivity index (χ4n) is 1.73. The number of carbonyl (C=O) groups is 2. The lowest BCUT2D eigenvalue weighted by Crippen LogP contribution is -2.10. The molecular formula is C8H10O3. The third-order valence-corrected chi connectivity index (χ3v) is 2.59. The van der Waals surface area contributed by atoms with Gasteiger partial charge in [0, 0.05) is 0 Å². The Balaban J connectivity index is 2.04. The van der Waals surface area contributed by atoms with Gasteiger partial charge < -0.3 is 4.74 Å². The average Bonchev–Trinajstić information content (AvgIpc) is 2.52. The van der Waals surface area contributed by atoms with Gasteiger partial charge in [-0.2, -0.15) is 0 Å². The van der Waals surface area contributed by atoms with E-state index in [1.54, 1.807) is 0 Å². The molecule has 60 valence electrons. The highest BCUT2D eigenvalue weighted by Gasteiger charge is 2.48. The molecule has 1 aliphatic carbocycles. The zero-order valence-electron chi connectivity index (χ0n) is 6.37. The molecule has 3 heteroatoms. The van der Waals surface area contributed by atoms with Gasteiger partial charge in [-0.3, -0.25) is 9.59 Å². The van der Waals surface area contributed by atoms with E-state index in [-0.39, 0.29) is 17.9 Å². The first kappa shape index (κ1) is 6.83. The van der Waals surface area contributed by atoms with Crippen LogP contribution in [-0.4, -0.2) is 11.9 Å². The minimum absolute atomic E-state index is 0.113. The summed E-state index contributed by atoms with van der Waals surface area (Å²) in [4.78, 5) is 21.6. The van der Waals surface area contributed by atoms with Crippen LogP contribution in [0, 0.1) is 17.8 Å². The molecule has 3 unspecified atom stereocenters. The van der Waals surface area contributed by atoms with Crippen molar-refractivity contribution in [3.05, 3.63) is 0 Å². The Bertz CT molecular complexity index is 221. The monoisotopic (exact) mass is 154 g/mol. The molecule has 0 N–H and O–H groups in total. The van der Waals surface area contributed by atoms with Crippen LogP contribution in [0.5, 0.6) is 0 Å². The van der Waals surface area contributed by atoms with Crippen LogP contribution in [0.25, 0.3) is 0 Å². The largest absolute Gasteiger partial charge is 0.393 e. The predicted octanol–water partition coefficient (Wildman–Crippen LogP) is 0.732. The van der Waals surface area contributed by atoms with Gasteiger partial charge in [-0.05, 0) is 18.3 Å². The van der Waals surface area contributed by atoms with Crippen LogP contribution in [0.3, 0.4) is 0 Å². The summed E-state index contributed by atoms with van der Waals surface area (Å²) in [6.45, 7) is 2.10. The zero-order valence-corrected chi connectivity index (χ0v) is 6.37. The lowest BCUT2D eigenvalue weighted by Gasteiger charge is -1.98. The zero-order chi connectivity index (χ0) is 8.01. The maximum atomic E-state index is 11.0. The summed E-state index contributed by atoms with van der Waals surface area (Å²) in [5.41, 5.74) is 0. The topological polar surface area (TPSA) is 43.4 Å². The standard InChI is InChI=1S/C8H10O3/c1-4-2-5(4)6-3-7(9)11-8(6)10/h4-6H,2-3H2,1H3. The summed E-state index contributed by atoms with van der Waals surface area (Å²) < 4.78 is 4.45. The Hall–Kier alpha value is -0.860. The van der Waals surface area contributed by atoms with Crippen LogP contribution in [0.1, 0.15) is 19.8 Å². The fraction of sp³-hybridized carbons (Fsp3) is 0.750. The van der Waals surface area contributed by atoms with Crippen molar-refractivity contribution < 1.29 is 14.3 Å². The fourth-order valence-corrected chi connectivity index (χ4v) is 1.73. The smallest absolute Gasteiger partial charge is 0.317 e. The van der Waals surface area contributed by atoms with E-state index in [2.05, 4.69) is 11.7 Å². The summed E-state index contributed by atoms with van der Waals surface area (Å²) in [6.07, 6.45) is 1.39. The third kappa shape index (κ3) is 1.04. The van der Waals surface area contributed by atoms with E-state index in [0.29, 0.717) is 18.3 Å². The number of carbonyl (C=O) groups excluding carboxylic acids is 2. The Morgan fingerprint density at radius 1 is 1.45 bits per heavy atom. The Morgan fingerprint density at radius 2 is 2.09 bits per heavy atom. The molecule has 0 aromatic carbocycles. The van der Waals surface area contributed by atoms with E-state index in [1.165, 1.54) is 0 Å². The van der Waals surface area contributed by atoms with Gasteiger partial charge in [0.25, 0.3) is 0 Å². The molecule has 0 bridgehead atoms. The normalized spacial score (nSPS) is 42.5. The lowest BCUT2D eigenvalue weighted by atomic mass is 10.0. The van der Waals surface area contributed by atoms with Crippen molar-refractivity contribution in [2.75, 3.05) is 0 Å². The molecule has 2 aliphatic rings. The molecule has 3 atom stereocenters. The average molecular weight is 154 g/mol. The van der Waals surface area contributed by atoms with Crippen molar-refractivity contribution in [1.29, 1.82) is 0 Å². The number of ether oxygens (including phenoxy) is 1. The molecule has 0 amide bonds. The highest BCUT2D eigenvalue weighted by Crippen LogP contribution is 2.47. The second kappa shape index (κ2) is 2.06. The van der Waals surface area contributed by atoms with Crippen molar-refractivity contribution in [2.45, 2.75) is 19.8 Å². The van der Waals surface area contributed by atoms with Crippen LogP contribution in [0.4, 0.5) is 0 Å². The van der Waals surface area contributed by atoms with Crippen molar-refractivity contribution in [3.63, 3.8) is 0 Å². The summed E-state index contributed by atoms with van der Waals surface area (Å²) in [6, 6.07) is 0. The SMILES string of the molecule is CC1CC1C1CC(=O)OC1=O. The molecule has 1 aliphatic heterocycles. The summed E-state index contributed by atoms with van der Waals surface area (Å²) >= 11 is 0. The Kier molecular flexibility index (Phi) is 1.28. The minimum atomic E-state index is -0.348. The molecule has 0 aromatic heterocycles. The number of rotatable bonds is 1. The van der Waals surface area contributed by atoms with Gasteiger partial charge in [-0.25, -0.2) is 0 Å². The first-order valence-corrected chi connectivity index (χ1v) is 3.93. The Labute approximate surface area is 64.7 Å². The molecule has 11 heavy (non-hydrogen) atoms. The van der Waals surface area contributed by atoms with Crippen LogP contribution in [0.15, 0.2) is 0 Å². The minimum Gasteiger partial charge on any atom is -0.393 e. The molecule has 0 spiro atoms. The van der Waals surface area contributed by atoms with Crippen molar-refractivity contribution >= 4 is 11.9 Å². The van der Waals surface area contributed by atoms with Gasteiger partial charge in [0.05, 0.1) is 12.3 Å². The van der Waals surface area contributed by atoms with E-state index < -0.39 is 0 Å². The second-order valence-corrected chi connectivity index (χ2v) is 3.48. The van der Waals surface area contributed by atoms with Gasteiger partial charge in [0.2, 0.25) is 0 Å². The molecule has 0 radical (unpaired) electrons. The molecule has 2 fully saturated rings. The maximum Gasteiger partial charge on any atom is 0.317 e. The van der Waals surface area contributed by atoms with Gasteiger partial charge in [-0.1, -0.05) is 6.92 Å². The van der Waals surface area contributed by atoms with Gasteiger partial charge in [0.1, 0.15) is 0 Å². The van der Waals surface area contributed by atoms with Crippen molar-refractivity contribution in [1.82, 2.24) is 0 Å². The van der Waals surface area contributed by atoms with Crippen molar-refractivity contribution in [2.24, 2.45) is 17.8 Å². The first-order valence-electron chi connectivity index (χ1n) is 3.93. The van der Waals surface area contributed by atoms with E-state index in [1.807, 2.05) is 0 Å². The van der Waals surface area contributed by atoms with Crippen LogP contribution < -0.4 is 0 Å². The molecular weight excluding hydrogens is 144 g/mol. The number of hydrogen-bond donors (Lipinski definition) is 0. The molecule has 0 aromatic rings. The number of hydrogen-bond acceptors (Lipinski definition) is 3. The molecule has 1 saturated heterocycles. The molecule has 1 heterocycles. The van der Waals surface area contributed by atoms with Gasteiger partial charge >= 0.3 is 11.9 Å². The van der Waals surface area contributed by atoms with Crippen LogP contribution >= 0.6 is 0 Å². The summed E-state index contributed by atoms with van der Waals surface area (Å²) in [5, 5.41) is 0. The van der Waals surface area contributed by atoms with E-state index in [4.69, 9.17) is 0 Å². The highest BCUT2D eigenvalue weighted by molar-refractivity contribution is 5.94. The van der Waals surface area contributed by atoms with E-state index >= 15 is 0 Å². The third-order valence-electron chi connectivity index (χ3n) is 2.59. The molecule has 2 rings (SSSR count).